The van der Waals surface area contributed by atoms with Crippen molar-refractivity contribution in [3.05, 3.63) is 142 Å². The molecule has 3 aliphatic rings. The summed E-state index contributed by atoms with van der Waals surface area (Å²) in [4.78, 5) is 41.9. The van der Waals surface area contributed by atoms with Gasteiger partial charge in [0.05, 0.1) is 16.8 Å². The Morgan fingerprint density at radius 3 is 2.39 bits per heavy atom. The van der Waals surface area contributed by atoms with Crippen LogP contribution in [0.4, 0.5) is 11.4 Å². The molecule has 56 heavy (non-hydrogen) atoms. The molecule has 2 aromatic heterocycles. The van der Waals surface area contributed by atoms with E-state index < -0.39 is 0 Å². The molecular formula is C46H47BrN6O3. The summed E-state index contributed by atoms with van der Waals surface area (Å²) in [6, 6.07) is 31.5. The van der Waals surface area contributed by atoms with Crippen molar-refractivity contribution in [2.75, 3.05) is 37.6 Å². The number of carbonyl (C=O) groups is 2. The van der Waals surface area contributed by atoms with Crippen molar-refractivity contribution in [1.82, 2.24) is 24.3 Å². The van der Waals surface area contributed by atoms with E-state index in [-0.39, 0.29) is 23.6 Å². The molecule has 4 heterocycles. The normalized spacial score (nSPS) is 18.0. The van der Waals surface area contributed by atoms with Crippen LogP contribution < -0.4 is 4.90 Å². The zero-order valence-electron chi connectivity index (χ0n) is 31.7. The first-order valence-corrected chi connectivity index (χ1v) is 20.6. The molecule has 0 radical (unpaired) electrons. The summed E-state index contributed by atoms with van der Waals surface area (Å²) in [7, 11) is 0. The number of phenolic OH excluding ortho intramolecular Hbond substituents is 1. The van der Waals surface area contributed by atoms with Crippen LogP contribution in [0.3, 0.4) is 0 Å². The number of nitrogens with one attached hydrogen (secondary N) is 1. The highest BCUT2D eigenvalue weighted by Gasteiger charge is 2.35. The molecule has 2 N–H and O–H groups in total. The maximum absolute atomic E-state index is 15.0. The van der Waals surface area contributed by atoms with Gasteiger partial charge in [0.2, 0.25) is 0 Å². The maximum Gasteiger partial charge on any atom is 0.264 e. The summed E-state index contributed by atoms with van der Waals surface area (Å²) in [5.74, 6) is -0.114. The molecular weight excluding hydrogens is 764 g/mol. The van der Waals surface area contributed by atoms with Crippen LogP contribution in [-0.2, 0) is 13.0 Å². The van der Waals surface area contributed by atoms with Gasteiger partial charge >= 0.3 is 0 Å². The van der Waals surface area contributed by atoms with Gasteiger partial charge in [-0.3, -0.25) is 24.3 Å². The standard InChI is InChI=1S/C46H47BrN6O3/c1-31-24-35(45(55)53(38-11-14-41(54)15-12-38)39-13-17-43-33(26-39)18-19-48-43)29-51(31)44-27-36(47)10-16-42(44)46(56)52-28-34-7-3-2-6-32(34)25-40(52)30-49-20-22-50(23-21-49)37-8-4-5-9-37/h2-3,6-7,10-19,24,26-27,29,37,40,48,54H,4-5,8-9,20-23,25,28,30H2,1H3/t40-/m0/s1. The zero-order valence-corrected chi connectivity index (χ0v) is 33.3. The van der Waals surface area contributed by atoms with Gasteiger partial charge in [0.25, 0.3) is 11.8 Å². The predicted octanol–water partition coefficient (Wildman–Crippen LogP) is 8.84. The van der Waals surface area contributed by atoms with Gasteiger partial charge in [0.1, 0.15) is 5.75 Å². The minimum atomic E-state index is -0.226. The van der Waals surface area contributed by atoms with Gasteiger partial charge in [-0.15, -0.1) is 0 Å². The number of fused-ring (bicyclic) bond motifs is 2. The second-order valence-corrected chi connectivity index (χ2v) is 16.6. The fraction of sp³-hybridized carbons (Fsp3) is 0.304. The molecule has 2 aliphatic heterocycles. The van der Waals surface area contributed by atoms with Crippen LogP contribution in [0.2, 0.25) is 0 Å². The highest BCUT2D eigenvalue weighted by atomic mass is 79.9. The number of carbonyl (C=O) groups excluding carboxylic acids is 2. The number of aryl methyl sites for hydroxylation is 1. The largest absolute Gasteiger partial charge is 0.508 e. The van der Waals surface area contributed by atoms with Gasteiger partial charge in [-0.05, 0) is 110 Å². The van der Waals surface area contributed by atoms with Crippen LogP contribution in [0, 0.1) is 6.92 Å². The van der Waals surface area contributed by atoms with Crippen molar-refractivity contribution in [3.8, 4) is 11.4 Å². The average molecular weight is 812 g/mol. The van der Waals surface area contributed by atoms with E-state index in [0.717, 1.165) is 66.3 Å². The fourth-order valence-corrected chi connectivity index (χ4v) is 9.50. The summed E-state index contributed by atoms with van der Waals surface area (Å²) >= 11 is 3.69. The lowest BCUT2D eigenvalue weighted by molar-refractivity contribution is 0.0477. The molecule has 6 aromatic rings. The van der Waals surface area contributed by atoms with E-state index in [1.54, 1.807) is 29.2 Å². The maximum atomic E-state index is 15.0. The summed E-state index contributed by atoms with van der Waals surface area (Å²) in [5.41, 5.74) is 7.43. The molecule has 1 saturated carbocycles. The molecule has 4 aromatic carbocycles. The predicted molar refractivity (Wildman–Crippen MR) is 225 cm³/mol. The van der Waals surface area contributed by atoms with Crippen molar-refractivity contribution in [1.29, 1.82) is 0 Å². The number of aromatic nitrogens is 2. The van der Waals surface area contributed by atoms with Gasteiger partial charge in [0, 0.05) is 96.2 Å². The van der Waals surface area contributed by atoms with Crippen LogP contribution in [0.1, 0.15) is 63.2 Å². The SMILES string of the molecule is Cc1cc(C(=O)N(c2ccc(O)cc2)c2ccc3[nH]ccc3c2)cn1-c1cc(Br)ccc1C(=O)N1Cc2ccccc2C[C@H]1CN1CCN(C2CCCC2)CC1. The van der Waals surface area contributed by atoms with Crippen molar-refractivity contribution in [2.45, 2.75) is 57.7 Å². The van der Waals surface area contributed by atoms with E-state index >= 15 is 4.79 Å². The van der Waals surface area contributed by atoms with Gasteiger partial charge < -0.3 is 19.6 Å². The minimum Gasteiger partial charge on any atom is -0.508 e. The smallest absolute Gasteiger partial charge is 0.264 e. The molecule has 10 heteroatoms. The third kappa shape index (κ3) is 7.17. The molecule has 0 bridgehead atoms. The number of benzene rings is 4. The number of piperazine rings is 1. The first-order chi connectivity index (χ1) is 27.3. The van der Waals surface area contributed by atoms with Crippen LogP contribution in [-0.4, -0.2) is 86.0 Å². The Morgan fingerprint density at radius 2 is 1.61 bits per heavy atom. The van der Waals surface area contributed by atoms with Crippen LogP contribution >= 0.6 is 15.9 Å². The Bertz CT molecular complexity index is 2390. The molecule has 0 unspecified atom stereocenters. The van der Waals surface area contributed by atoms with E-state index in [0.29, 0.717) is 34.7 Å². The van der Waals surface area contributed by atoms with Gasteiger partial charge in [-0.1, -0.05) is 53.0 Å². The van der Waals surface area contributed by atoms with Crippen molar-refractivity contribution in [3.63, 3.8) is 0 Å². The number of aromatic hydroxyl groups is 1. The van der Waals surface area contributed by atoms with Crippen molar-refractivity contribution >= 4 is 50.0 Å². The molecule has 1 saturated heterocycles. The molecule has 1 aliphatic carbocycles. The van der Waals surface area contributed by atoms with E-state index in [1.807, 2.05) is 72.4 Å². The second kappa shape index (κ2) is 15.4. The Hall–Kier alpha value is -5.16. The Morgan fingerprint density at radius 1 is 0.857 bits per heavy atom. The lowest BCUT2D eigenvalue weighted by atomic mass is 9.92. The summed E-state index contributed by atoms with van der Waals surface area (Å²) in [6.07, 6.45) is 9.90. The van der Waals surface area contributed by atoms with Crippen LogP contribution in [0.15, 0.2) is 114 Å². The number of rotatable bonds is 8. The van der Waals surface area contributed by atoms with Crippen LogP contribution in [0.25, 0.3) is 16.6 Å². The number of phenols is 1. The molecule has 1 atom stereocenters. The number of nitrogens with zero attached hydrogens (tertiary/aromatic N) is 5. The molecule has 2 fully saturated rings. The number of anilines is 2. The quantitative estimate of drug-likeness (QED) is 0.161. The van der Waals surface area contributed by atoms with E-state index in [1.165, 1.54) is 36.8 Å². The Balaban J connectivity index is 1.03. The lowest BCUT2D eigenvalue weighted by Crippen LogP contribution is -2.55. The van der Waals surface area contributed by atoms with Crippen molar-refractivity contribution < 1.29 is 14.7 Å². The highest BCUT2D eigenvalue weighted by Crippen LogP contribution is 2.34. The lowest BCUT2D eigenvalue weighted by Gasteiger charge is -2.43. The average Bonchev–Trinajstić information content (AvgIpc) is 4.00. The molecule has 0 spiro atoms. The van der Waals surface area contributed by atoms with Gasteiger partial charge in [0.15, 0.2) is 0 Å². The topological polar surface area (TPSA) is 88.0 Å². The van der Waals surface area contributed by atoms with Crippen LogP contribution in [0.5, 0.6) is 5.75 Å². The molecule has 286 valence electrons. The third-order valence-corrected chi connectivity index (χ3v) is 12.6. The highest BCUT2D eigenvalue weighted by molar-refractivity contribution is 9.10. The zero-order chi connectivity index (χ0) is 38.3. The van der Waals surface area contributed by atoms with Crippen molar-refractivity contribution in [2.24, 2.45) is 0 Å². The van der Waals surface area contributed by atoms with E-state index in [2.05, 4.69) is 59.9 Å². The number of hydrogen-bond acceptors (Lipinski definition) is 5. The Labute approximate surface area is 336 Å². The number of H-pyrrole nitrogens is 1. The summed E-state index contributed by atoms with van der Waals surface area (Å²) in [6.45, 7) is 7.61. The van der Waals surface area contributed by atoms with Gasteiger partial charge in [-0.25, -0.2) is 0 Å². The Kier molecular flexibility index (Phi) is 10.0. The molecule has 9 nitrogen and oxygen atoms in total. The number of hydrogen-bond donors (Lipinski definition) is 2. The molecule has 9 rings (SSSR count). The minimum absolute atomic E-state index is 0.0110. The monoisotopic (exact) mass is 810 g/mol. The third-order valence-electron chi connectivity index (χ3n) is 12.1. The summed E-state index contributed by atoms with van der Waals surface area (Å²) < 4.78 is 2.81. The van der Waals surface area contributed by atoms with Gasteiger partial charge in [-0.2, -0.15) is 0 Å². The number of halogens is 1. The van der Waals surface area contributed by atoms with E-state index in [4.69, 9.17) is 0 Å². The van der Waals surface area contributed by atoms with E-state index in [9.17, 15) is 9.90 Å². The summed E-state index contributed by atoms with van der Waals surface area (Å²) in [5, 5.41) is 11.1. The fourth-order valence-electron chi connectivity index (χ4n) is 9.15. The first kappa shape index (κ1) is 36.5. The molecule has 2 amide bonds. The first-order valence-electron chi connectivity index (χ1n) is 19.8. The second-order valence-electron chi connectivity index (χ2n) is 15.6. The number of amides is 2. The number of aromatic amines is 1.